The van der Waals surface area contributed by atoms with Crippen molar-refractivity contribution in [3.05, 3.63) is 272 Å². The maximum atomic E-state index is 2.73. The largest absolute Gasteiger partial charge is 0.310 e. The van der Waals surface area contributed by atoms with E-state index in [1.165, 1.54) is 164 Å². The number of nitrogens with zero attached hydrogens (tertiary/aromatic N) is 2. The fourth-order valence-corrected chi connectivity index (χ4v) is 16.1. The number of anilines is 3. The molecule has 2 aromatic heterocycles. The number of thiophene rings is 1. The van der Waals surface area contributed by atoms with E-state index in [4.69, 9.17) is 0 Å². The van der Waals surface area contributed by atoms with E-state index < -0.39 is 0 Å². The molecule has 0 fully saturated rings. The fraction of sp³-hybridized carbons (Fsp3) is 0.0976. The van der Waals surface area contributed by atoms with Crippen LogP contribution in [0.25, 0.3) is 126 Å². The van der Waals surface area contributed by atoms with Crippen LogP contribution in [0.15, 0.2) is 261 Å². The standard InChI is InChI=1S/C82H61BN2S/c1-81(2,3)56-39-41-70(63(47-56)51-27-13-8-14-28-51)84-71-45-55(74-64(52-29-15-9-16-30-52)43-54(50-25-11-7-12-26-50)44-65(74)53-31-17-10-18-32-53)46-72-77(71)83(80-78(84)67-48-57(82(4,5)6)40-42-73(67)86-80)68-49-66-60-35-20-19-33-58(60)59-34-21-22-36-61(59)75(66)76-62-37-23-24-38-69(62)85(72)79(68)76/h7-49H,1-6H3. The van der Waals surface area contributed by atoms with Gasteiger partial charge in [0.2, 0.25) is 0 Å². The molecule has 0 spiro atoms. The lowest BCUT2D eigenvalue weighted by molar-refractivity contribution is 0.590. The van der Waals surface area contributed by atoms with Crippen molar-refractivity contribution >= 4 is 115 Å². The second-order valence-electron chi connectivity index (χ2n) is 25.9. The summed E-state index contributed by atoms with van der Waals surface area (Å²) in [7, 11) is 0. The van der Waals surface area contributed by atoms with Crippen LogP contribution in [0.5, 0.6) is 0 Å². The van der Waals surface area contributed by atoms with Gasteiger partial charge < -0.3 is 9.47 Å². The van der Waals surface area contributed by atoms with Crippen molar-refractivity contribution in [1.29, 1.82) is 0 Å². The summed E-state index contributed by atoms with van der Waals surface area (Å²) >= 11 is 1.99. The van der Waals surface area contributed by atoms with Crippen molar-refractivity contribution in [3.63, 3.8) is 0 Å². The Hall–Kier alpha value is -9.74. The Bertz CT molecular complexity index is 5230. The van der Waals surface area contributed by atoms with Gasteiger partial charge in [-0.15, -0.1) is 11.3 Å². The maximum absolute atomic E-state index is 2.73. The summed E-state index contributed by atoms with van der Waals surface area (Å²) in [6.07, 6.45) is 0. The van der Waals surface area contributed by atoms with Gasteiger partial charge in [-0.25, -0.2) is 0 Å². The molecule has 408 valence electrons. The molecule has 0 bridgehead atoms. The van der Waals surface area contributed by atoms with Crippen LogP contribution in [0.3, 0.4) is 0 Å². The molecule has 0 saturated heterocycles. The van der Waals surface area contributed by atoms with Gasteiger partial charge in [-0.05, 0) is 164 Å². The first-order valence-corrected chi connectivity index (χ1v) is 31.2. The molecule has 13 aromatic carbocycles. The van der Waals surface area contributed by atoms with Gasteiger partial charge in [0.1, 0.15) is 0 Å². The van der Waals surface area contributed by atoms with Crippen molar-refractivity contribution in [2.45, 2.75) is 52.4 Å². The van der Waals surface area contributed by atoms with E-state index in [0.717, 1.165) is 5.56 Å². The van der Waals surface area contributed by atoms with Crippen LogP contribution in [-0.2, 0) is 10.8 Å². The molecule has 0 saturated carbocycles. The number of hydrogen-bond acceptors (Lipinski definition) is 2. The van der Waals surface area contributed by atoms with E-state index in [2.05, 4.69) is 312 Å². The third-order valence-corrected chi connectivity index (χ3v) is 20.0. The Morgan fingerprint density at radius 2 is 0.849 bits per heavy atom. The number of hydrogen-bond donors (Lipinski definition) is 0. The quantitative estimate of drug-likeness (QED) is 0.119. The van der Waals surface area contributed by atoms with E-state index in [1.807, 2.05) is 11.3 Å². The smallest absolute Gasteiger partial charge is 0.264 e. The average Bonchev–Trinajstić information content (AvgIpc) is 1.42. The Morgan fingerprint density at radius 1 is 0.349 bits per heavy atom. The highest BCUT2D eigenvalue weighted by atomic mass is 32.1. The van der Waals surface area contributed by atoms with Gasteiger partial charge in [-0.2, -0.15) is 0 Å². The molecule has 0 atom stereocenters. The molecule has 15 aromatic rings. The zero-order valence-corrected chi connectivity index (χ0v) is 50.0. The lowest BCUT2D eigenvalue weighted by atomic mass is 9.36. The van der Waals surface area contributed by atoms with Crippen molar-refractivity contribution < 1.29 is 0 Å². The van der Waals surface area contributed by atoms with Crippen molar-refractivity contribution in [2.75, 3.05) is 4.90 Å². The molecule has 0 N–H and O–H groups in total. The molecular formula is C82H61BN2S. The van der Waals surface area contributed by atoms with Gasteiger partial charge in [-0.3, -0.25) is 0 Å². The van der Waals surface area contributed by atoms with Crippen LogP contribution < -0.4 is 20.6 Å². The molecule has 0 radical (unpaired) electrons. The van der Waals surface area contributed by atoms with Crippen LogP contribution in [-0.4, -0.2) is 11.3 Å². The number of fused-ring (bicyclic) bond motifs is 16. The molecular weight excluding hydrogens is 1060 g/mol. The third-order valence-electron chi connectivity index (χ3n) is 18.8. The Balaban J connectivity index is 1.11. The van der Waals surface area contributed by atoms with Gasteiger partial charge in [-0.1, -0.05) is 248 Å². The van der Waals surface area contributed by atoms with Crippen LogP contribution in [0.2, 0.25) is 0 Å². The summed E-state index contributed by atoms with van der Waals surface area (Å²) < 4.78 is 5.36. The Labute approximate surface area is 507 Å². The minimum Gasteiger partial charge on any atom is -0.310 e. The topological polar surface area (TPSA) is 8.17 Å². The molecule has 86 heavy (non-hydrogen) atoms. The highest BCUT2D eigenvalue weighted by molar-refractivity contribution is 7.33. The molecule has 17 rings (SSSR count). The molecule has 4 heterocycles. The molecule has 2 nitrogen and oxygen atoms in total. The van der Waals surface area contributed by atoms with E-state index in [0.29, 0.717) is 0 Å². The van der Waals surface area contributed by atoms with E-state index >= 15 is 0 Å². The van der Waals surface area contributed by atoms with E-state index in [1.54, 1.807) is 0 Å². The summed E-state index contributed by atoms with van der Waals surface area (Å²) in [5, 5.41) is 11.6. The Kier molecular flexibility index (Phi) is 11.1. The summed E-state index contributed by atoms with van der Waals surface area (Å²) in [6.45, 7) is 14.0. The zero-order chi connectivity index (χ0) is 57.7. The zero-order valence-electron chi connectivity index (χ0n) is 49.2. The normalized spacial score (nSPS) is 13.0. The highest BCUT2D eigenvalue weighted by Gasteiger charge is 2.46. The van der Waals surface area contributed by atoms with Crippen LogP contribution >= 0.6 is 11.3 Å². The number of rotatable bonds is 6. The summed E-state index contributed by atoms with van der Waals surface area (Å²) in [4.78, 5) is 2.73. The van der Waals surface area contributed by atoms with Crippen LogP contribution in [0.1, 0.15) is 52.7 Å². The van der Waals surface area contributed by atoms with Gasteiger partial charge in [0, 0.05) is 48.0 Å². The van der Waals surface area contributed by atoms with Gasteiger partial charge in [0.25, 0.3) is 6.71 Å². The first-order valence-electron chi connectivity index (χ1n) is 30.4. The predicted octanol–water partition coefficient (Wildman–Crippen LogP) is 21.0. The van der Waals surface area contributed by atoms with E-state index in [-0.39, 0.29) is 17.5 Å². The van der Waals surface area contributed by atoms with Crippen molar-refractivity contribution in [2.24, 2.45) is 0 Å². The SMILES string of the molecule is CC(C)(C)c1ccc(N2c3cc(-c4c(-c5ccccc5)cc(-c5ccccc5)cc4-c4ccccc4)cc4c3B(c3sc5ccc(C(C)(C)C)cc5c32)c2cc3c5ccccc5c5ccccc5c3c3c5ccccc5n-4c23)c(-c2ccccc2)c1. The van der Waals surface area contributed by atoms with Gasteiger partial charge in [0.05, 0.1) is 22.4 Å². The number of benzene rings is 13. The first-order chi connectivity index (χ1) is 42.0. The predicted molar refractivity (Wildman–Crippen MR) is 373 cm³/mol. The number of aromatic nitrogens is 1. The maximum Gasteiger partial charge on any atom is 0.264 e. The minimum atomic E-state index is -0.110. The monoisotopic (exact) mass is 1120 g/mol. The summed E-state index contributed by atoms with van der Waals surface area (Å²) in [5.41, 5.74) is 24.3. The second kappa shape index (κ2) is 18.9. The second-order valence-corrected chi connectivity index (χ2v) is 27.0. The third kappa shape index (κ3) is 7.58. The van der Waals surface area contributed by atoms with Crippen molar-refractivity contribution in [1.82, 2.24) is 4.57 Å². The molecule has 0 amide bonds. The lowest BCUT2D eigenvalue weighted by Gasteiger charge is -2.40. The Morgan fingerprint density at radius 3 is 1.47 bits per heavy atom. The number of para-hydroxylation sites is 1. The van der Waals surface area contributed by atoms with Crippen molar-refractivity contribution in [3.8, 4) is 61.3 Å². The first kappa shape index (κ1) is 50.8. The summed E-state index contributed by atoms with van der Waals surface area (Å²) in [6, 6.07) is 99.3. The fourth-order valence-electron chi connectivity index (χ4n) is 14.8. The van der Waals surface area contributed by atoms with Gasteiger partial charge in [0.15, 0.2) is 0 Å². The van der Waals surface area contributed by atoms with E-state index in [9.17, 15) is 0 Å². The highest BCUT2D eigenvalue weighted by Crippen LogP contribution is 2.54. The summed E-state index contributed by atoms with van der Waals surface area (Å²) in [5.74, 6) is 0. The van der Waals surface area contributed by atoms with Crippen LogP contribution in [0.4, 0.5) is 17.1 Å². The minimum absolute atomic E-state index is 0.0853. The molecule has 0 aliphatic carbocycles. The molecule has 4 heteroatoms. The average molecular weight is 1120 g/mol. The van der Waals surface area contributed by atoms with Crippen LogP contribution in [0, 0.1) is 0 Å². The molecule has 2 aliphatic rings. The lowest BCUT2D eigenvalue weighted by Crippen LogP contribution is -2.59. The molecule has 0 unspecified atom stereocenters. The molecule has 2 aliphatic heterocycles. The van der Waals surface area contributed by atoms with Gasteiger partial charge >= 0.3 is 0 Å².